The highest BCUT2D eigenvalue weighted by Crippen LogP contribution is 2.24. The van der Waals surface area contributed by atoms with Crippen molar-refractivity contribution in [1.82, 2.24) is 15.6 Å². The molecule has 7 heteroatoms. The van der Waals surface area contributed by atoms with Gasteiger partial charge in [-0.2, -0.15) is 0 Å². The van der Waals surface area contributed by atoms with E-state index in [-0.39, 0.29) is 0 Å². The zero-order valence-electron chi connectivity index (χ0n) is 16.4. The predicted octanol–water partition coefficient (Wildman–Crippen LogP) is 3.18. The molecule has 1 aromatic carbocycles. The monoisotopic (exact) mass is 387 g/mol. The second-order valence-electron chi connectivity index (χ2n) is 6.69. The van der Waals surface area contributed by atoms with E-state index in [0.29, 0.717) is 12.6 Å². The molecule has 1 aliphatic heterocycles. The third-order valence-electron chi connectivity index (χ3n) is 4.57. The fourth-order valence-corrected chi connectivity index (χ4v) is 3.98. The van der Waals surface area contributed by atoms with Crippen LogP contribution in [0.2, 0.25) is 0 Å². The number of methoxy groups -OCH3 is 1. The van der Waals surface area contributed by atoms with E-state index in [2.05, 4.69) is 46.5 Å². The van der Waals surface area contributed by atoms with Gasteiger partial charge in [-0.1, -0.05) is 6.07 Å². The van der Waals surface area contributed by atoms with Gasteiger partial charge < -0.3 is 20.3 Å². The molecule has 0 amide bonds. The van der Waals surface area contributed by atoms with Crippen molar-refractivity contribution < 1.29 is 4.74 Å². The molecule has 2 N–H and O–H groups in total. The van der Waals surface area contributed by atoms with Crippen LogP contribution in [0.5, 0.6) is 5.75 Å². The molecule has 1 unspecified atom stereocenters. The van der Waals surface area contributed by atoms with Crippen LogP contribution in [0.25, 0.3) is 0 Å². The molecule has 0 bridgehead atoms. The molecule has 0 saturated carbocycles. The van der Waals surface area contributed by atoms with Gasteiger partial charge in [0.05, 0.1) is 13.7 Å². The van der Waals surface area contributed by atoms with E-state index >= 15 is 0 Å². The summed E-state index contributed by atoms with van der Waals surface area (Å²) in [5.41, 5.74) is 1.21. The Hall–Kier alpha value is -2.28. The molecule has 6 nitrogen and oxygen atoms in total. The maximum atomic E-state index is 5.37. The van der Waals surface area contributed by atoms with E-state index in [1.165, 1.54) is 10.6 Å². The van der Waals surface area contributed by atoms with Crippen LogP contribution < -0.4 is 20.3 Å². The number of thiazole rings is 1. The molecule has 1 aliphatic rings. The molecule has 2 aromatic rings. The fourth-order valence-electron chi connectivity index (χ4n) is 3.27. The largest absolute Gasteiger partial charge is 0.497 e. The van der Waals surface area contributed by atoms with E-state index in [1.54, 1.807) is 18.4 Å². The number of piperidine rings is 1. The molecule has 0 aliphatic carbocycles. The van der Waals surface area contributed by atoms with Crippen molar-refractivity contribution in [2.75, 3.05) is 31.6 Å². The summed E-state index contributed by atoms with van der Waals surface area (Å²) in [6.45, 7) is 7.64. The van der Waals surface area contributed by atoms with Gasteiger partial charge in [-0.25, -0.2) is 9.98 Å². The number of aromatic nitrogens is 1. The lowest BCUT2D eigenvalue weighted by atomic mass is 10.0. The van der Waals surface area contributed by atoms with Crippen molar-refractivity contribution in [3.8, 4) is 5.75 Å². The number of ether oxygens (including phenoxy) is 1. The Bertz CT molecular complexity index is 760. The summed E-state index contributed by atoms with van der Waals surface area (Å²) in [5.74, 6) is 1.76. The first-order valence-electron chi connectivity index (χ1n) is 9.53. The summed E-state index contributed by atoms with van der Waals surface area (Å²) >= 11 is 1.70. The zero-order valence-corrected chi connectivity index (χ0v) is 17.2. The van der Waals surface area contributed by atoms with Crippen molar-refractivity contribution in [3.63, 3.8) is 0 Å². The molecule has 1 atom stereocenters. The average Bonchev–Trinajstić information content (AvgIpc) is 3.12. The second kappa shape index (κ2) is 9.60. The minimum absolute atomic E-state index is 0.362. The molecular weight excluding hydrogens is 358 g/mol. The molecule has 3 rings (SSSR count). The van der Waals surface area contributed by atoms with E-state index in [9.17, 15) is 0 Å². The van der Waals surface area contributed by atoms with Gasteiger partial charge in [-0.05, 0) is 38.8 Å². The number of benzene rings is 1. The van der Waals surface area contributed by atoms with Crippen molar-refractivity contribution in [2.24, 2.45) is 4.99 Å². The van der Waals surface area contributed by atoms with Gasteiger partial charge in [0.2, 0.25) is 0 Å². The van der Waals surface area contributed by atoms with Gasteiger partial charge in [0.25, 0.3) is 0 Å². The molecule has 2 heterocycles. The van der Waals surface area contributed by atoms with E-state index in [0.717, 1.165) is 49.2 Å². The first-order chi connectivity index (χ1) is 13.2. The third-order valence-corrected chi connectivity index (χ3v) is 5.46. The summed E-state index contributed by atoms with van der Waals surface area (Å²) in [7, 11) is 1.71. The SMILES string of the molecule is CCNC(=NCc1ncc(C)s1)NC1CCCN(c2cccc(OC)c2)C1. The highest BCUT2D eigenvalue weighted by Gasteiger charge is 2.21. The summed E-state index contributed by atoms with van der Waals surface area (Å²) in [4.78, 5) is 12.8. The van der Waals surface area contributed by atoms with Crippen LogP contribution in [0.15, 0.2) is 35.5 Å². The Morgan fingerprint density at radius 1 is 1.44 bits per heavy atom. The van der Waals surface area contributed by atoms with Crippen molar-refractivity contribution in [3.05, 3.63) is 40.3 Å². The molecule has 0 radical (unpaired) electrons. The molecule has 1 fully saturated rings. The minimum Gasteiger partial charge on any atom is -0.497 e. The third kappa shape index (κ3) is 5.60. The lowest BCUT2D eigenvalue weighted by molar-refractivity contribution is 0.414. The summed E-state index contributed by atoms with van der Waals surface area (Å²) in [6, 6.07) is 8.65. The second-order valence-corrected chi connectivity index (χ2v) is 8.01. The summed E-state index contributed by atoms with van der Waals surface area (Å²) in [5, 5.41) is 8.01. The topological polar surface area (TPSA) is 61.8 Å². The minimum atomic E-state index is 0.362. The van der Waals surface area contributed by atoms with Crippen LogP contribution >= 0.6 is 11.3 Å². The number of hydrogen-bond acceptors (Lipinski definition) is 5. The Morgan fingerprint density at radius 2 is 2.33 bits per heavy atom. The number of anilines is 1. The van der Waals surface area contributed by atoms with Gasteiger partial charge in [0, 0.05) is 48.5 Å². The van der Waals surface area contributed by atoms with E-state index in [4.69, 9.17) is 9.73 Å². The van der Waals surface area contributed by atoms with E-state index < -0.39 is 0 Å². The smallest absolute Gasteiger partial charge is 0.191 e. The van der Waals surface area contributed by atoms with Crippen molar-refractivity contribution in [1.29, 1.82) is 0 Å². The fraction of sp³-hybridized carbons (Fsp3) is 0.500. The number of nitrogens with zero attached hydrogens (tertiary/aromatic N) is 3. The quantitative estimate of drug-likeness (QED) is 0.589. The average molecular weight is 388 g/mol. The molecule has 27 heavy (non-hydrogen) atoms. The van der Waals surface area contributed by atoms with Gasteiger partial charge >= 0.3 is 0 Å². The number of rotatable bonds is 6. The van der Waals surface area contributed by atoms with Crippen LogP contribution in [-0.4, -0.2) is 43.7 Å². The van der Waals surface area contributed by atoms with Crippen LogP contribution in [0.4, 0.5) is 5.69 Å². The first-order valence-corrected chi connectivity index (χ1v) is 10.3. The van der Waals surface area contributed by atoms with Crippen LogP contribution in [0.1, 0.15) is 29.7 Å². The molecule has 146 valence electrons. The molecule has 1 saturated heterocycles. The van der Waals surface area contributed by atoms with Crippen molar-refractivity contribution >= 4 is 23.0 Å². The van der Waals surface area contributed by atoms with Crippen LogP contribution in [0, 0.1) is 6.92 Å². The predicted molar refractivity (Wildman–Crippen MR) is 113 cm³/mol. The highest BCUT2D eigenvalue weighted by molar-refractivity contribution is 7.11. The zero-order chi connectivity index (χ0) is 19.1. The molecular formula is C20H29N5OS. The van der Waals surface area contributed by atoms with Crippen molar-refractivity contribution in [2.45, 2.75) is 39.3 Å². The lowest BCUT2D eigenvalue weighted by Crippen LogP contribution is -2.51. The summed E-state index contributed by atoms with van der Waals surface area (Å²) < 4.78 is 5.37. The number of hydrogen-bond donors (Lipinski definition) is 2. The summed E-state index contributed by atoms with van der Waals surface area (Å²) in [6.07, 6.45) is 4.20. The van der Waals surface area contributed by atoms with Gasteiger partial charge in [0.1, 0.15) is 10.8 Å². The number of aliphatic imine (C=N–C) groups is 1. The van der Waals surface area contributed by atoms with E-state index in [1.807, 2.05) is 18.3 Å². The number of nitrogens with one attached hydrogen (secondary N) is 2. The first kappa shape index (κ1) is 19.5. The Labute approximate surface area is 165 Å². The Balaban J connectivity index is 1.63. The standard InChI is InChI=1S/C20H29N5OS/c1-4-21-20(23-13-19-22-12-15(2)27-19)24-16-7-6-10-25(14-16)17-8-5-9-18(11-17)26-3/h5,8-9,11-12,16H,4,6-7,10,13-14H2,1-3H3,(H2,21,23,24). The highest BCUT2D eigenvalue weighted by atomic mass is 32.1. The maximum Gasteiger partial charge on any atom is 0.191 e. The lowest BCUT2D eigenvalue weighted by Gasteiger charge is -2.35. The maximum absolute atomic E-state index is 5.37. The van der Waals surface area contributed by atoms with Crippen LogP contribution in [-0.2, 0) is 6.54 Å². The van der Waals surface area contributed by atoms with Gasteiger partial charge in [0.15, 0.2) is 5.96 Å². The number of aryl methyl sites for hydroxylation is 1. The van der Waals surface area contributed by atoms with Gasteiger partial charge in [-0.3, -0.25) is 0 Å². The van der Waals surface area contributed by atoms with Crippen LogP contribution in [0.3, 0.4) is 0 Å². The normalized spacial score (nSPS) is 17.7. The Morgan fingerprint density at radius 3 is 3.07 bits per heavy atom. The molecule has 1 aromatic heterocycles. The Kier molecular flexibility index (Phi) is 6.92. The molecule has 0 spiro atoms. The number of guanidine groups is 1. The van der Waals surface area contributed by atoms with Gasteiger partial charge in [-0.15, -0.1) is 11.3 Å².